The van der Waals surface area contributed by atoms with Gasteiger partial charge in [0.25, 0.3) is 0 Å². The van der Waals surface area contributed by atoms with Crippen molar-refractivity contribution in [2.75, 3.05) is 271 Å². The van der Waals surface area contributed by atoms with Gasteiger partial charge in [-0.15, -0.1) is 0 Å². The average Bonchev–Trinajstić information content (AvgIpc) is 3.45. The van der Waals surface area contributed by atoms with E-state index in [1.54, 1.807) is 0 Å². The maximum atomic E-state index is 9.77. The van der Waals surface area contributed by atoms with Crippen molar-refractivity contribution in [2.45, 2.75) is 49.1 Å². The van der Waals surface area contributed by atoms with Crippen molar-refractivity contribution in [1.29, 1.82) is 0 Å². The maximum absolute atomic E-state index is 9.77. The van der Waals surface area contributed by atoms with Gasteiger partial charge in [-0.3, -0.25) is 0 Å². The molecule has 476 valence electrons. The van der Waals surface area contributed by atoms with Crippen LogP contribution < -0.4 is 0 Å². The predicted octanol–water partition coefficient (Wildman–Crippen LogP) is 2.72. The van der Waals surface area contributed by atoms with Gasteiger partial charge in [0.2, 0.25) is 0 Å². The Morgan fingerprint density at radius 2 is 0.392 bits per heavy atom. The first-order chi connectivity index (χ1) is 38.9. The minimum Gasteiger partial charge on any atom is -0.394 e. The smallest absolute Gasteiger partial charge is 0.104 e. The fourth-order valence-corrected chi connectivity index (χ4v) is 7.47. The lowest BCUT2D eigenvalue weighted by Crippen LogP contribution is -2.36. The van der Waals surface area contributed by atoms with Gasteiger partial charge in [0.1, 0.15) is 36.6 Å². The number of aliphatic hydroxyl groups excluding tert-OH is 1. The highest BCUT2D eigenvalue weighted by Gasteiger charge is 2.21. The molecular formula is C50H102O21S8. The number of rotatable bonds is 69. The second kappa shape index (κ2) is 67.5. The molecule has 7 atom stereocenters. The maximum Gasteiger partial charge on any atom is 0.104 e. The molecule has 0 heterocycles. The molecule has 0 aromatic heterocycles. The van der Waals surface area contributed by atoms with E-state index in [-0.39, 0.29) is 91.5 Å². The lowest BCUT2D eigenvalue weighted by Gasteiger charge is -2.25. The standard InChI is InChI=1S/C50H102O21S8/c51-31-44(1-23-72)71-43-50(70-15-9-58-22-30-79)42-64-41-49(69-14-8-57-21-29-78)40-63-39-48(68-13-7-56-20-28-77)38-62-37-47(67-12-6-55-19-27-76)36-61-35-46(66-11-5-54-18-26-75)34-60-33-45(65-10-4-53-17-25-74)32-59-3-2-52-16-24-73/h44-51,72-79H,1-43H2. The zero-order chi connectivity index (χ0) is 57.6. The Morgan fingerprint density at radius 3 is 0.608 bits per heavy atom. The summed E-state index contributed by atoms with van der Waals surface area (Å²) in [6.07, 6.45) is -2.44. The van der Waals surface area contributed by atoms with E-state index >= 15 is 0 Å². The normalized spacial score (nSPS) is 14.7. The van der Waals surface area contributed by atoms with Crippen molar-refractivity contribution in [3.05, 3.63) is 0 Å². The lowest BCUT2D eigenvalue weighted by atomic mass is 10.3. The molecule has 0 radical (unpaired) electrons. The topological polar surface area (TPSA) is 205 Å². The SMILES string of the molecule is OCC(CCS)OCC(COCC(COCC(COCC(COCC(COCC(COCCOCCS)OCCOCCS)OCCOCCS)OCCOCCS)OCCOCCS)OCCOCCS)OCCOCCS. The molecule has 0 aliphatic carbocycles. The average molecular weight is 1300 g/mol. The summed E-state index contributed by atoms with van der Waals surface area (Å²) in [5, 5.41) is 9.77. The molecule has 29 heteroatoms. The Hall–Kier alpha value is 1.96. The van der Waals surface area contributed by atoms with Crippen LogP contribution >= 0.6 is 101 Å². The molecule has 0 aromatic carbocycles. The van der Waals surface area contributed by atoms with Crippen LogP contribution in [-0.2, 0) is 94.7 Å². The van der Waals surface area contributed by atoms with Gasteiger partial charge in [-0.05, 0) is 12.2 Å². The van der Waals surface area contributed by atoms with Gasteiger partial charge in [0.15, 0.2) is 0 Å². The number of thiol groups is 8. The van der Waals surface area contributed by atoms with Crippen molar-refractivity contribution in [3.8, 4) is 0 Å². The van der Waals surface area contributed by atoms with E-state index in [1.165, 1.54) is 0 Å². The highest BCUT2D eigenvalue weighted by molar-refractivity contribution is 7.81. The molecule has 7 unspecified atom stereocenters. The Labute approximate surface area is 517 Å². The third-order valence-electron chi connectivity index (χ3n) is 10.0. The van der Waals surface area contributed by atoms with Crippen molar-refractivity contribution in [2.24, 2.45) is 0 Å². The Bertz CT molecular complexity index is 1170. The summed E-state index contributed by atoms with van der Waals surface area (Å²) in [6.45, 7) is 11.0. The number of aliphatic hydroxyl groups is 1. The van der Waals surface area contributed by atoms with Crippen LogP contribution in [0.2, 0.25) is 0 Å². The lowest BCUT2D eigenvalue weighted by molar-refractivity contribution is -0.131. The van der Waals surface area contributed by atoms with Crippen LogP contribution in [0.5, 0.6) is 0 Å². The summed E-state index contributed by atoms with van der Waals surface area (Å²) in [4.78, 5) is 0. The van der Waals surface area contributed by atoms with Crippen molar-refractivity contribution >= 4 is 101 Å². The second-order valence-corrected chi connectivity index (χ2v) is 20.3. The second-order valence-electron chi connectivity index (χ2n) is 16.7. The van der Waals surface area contributed by atoms with Crippen LogP contribution in [0.4, 0.5) is 0 Å². The van der Waals surface area contributed by atoms with Gasteiger partial charge in [-0.25, -0.2) is 0 Å². The summed E-state index contributed by atoms with van der Waals surface area (Å²) in [5.74, 6) is 4.80. The van der Waals surface area contributed by atoms with E-state index in [4.69, 9.17) is 94.7 Å². The molecule has 1 N–H and O–H groups in total. The van der Waals surface area contributed by atoms with Crippen LogP contribution in [-0.4, -0.2) is 318 Å². The van der Waals surface area contributed by atoms with Gasteiger partial charge in [0, 0.05) is 40.3 Å². The summed E-state index contributed by atoms with van der Waals surface area (Å²) in [6, 6.07) is 0. The summed E-state index contributed by atoms with van der Waals surface area (Å²) in [5.41, 5.74) is 0. The van der Waals surface area contributed by atoms with Crippen molar-refractivity contribution in [1.82, 2.24) is 0 Å². The fraction of sp³-hybridized carbons (Fsp3) is 1.00. The first kappa shape index (κ1) is 81.0. The molecule has 0 spiro atoms. The third kappa shape index (κ3) is 57.5. The quantitative estimate of drug-likeness (QED) is 0.0318. The van der Waals surface area contributed by atoms with Crippen LogP contribution in [0, 0.1) is 0 Å². The third-order valence-corrected chi connectivity index (χ3v) is 11.6. The molecule has 0 saturated heterocycles. The van der Waals surface area contributed by atoms with E-state index in [2.05, 4.69) is 101 Å². The van der Waals surface area contributed by atoms with E-state index in [1.807, 2.05) is 0 Å². The molecule has 0 aliphatic heterocycles. The predicted molar refractivity (Wildman–Crippen MR) is 331 cm³/mol. The molecule has 0 bridgehead atoms. The van der Waals surface area contributed by atoms with Crippen LogP contribution in [0.1, 0.15) is 6.42 Å². The largest absolute Gasteiger partial charge is 0.394 e. The minimum absolute atomic E-state index is 0.128. The van der Waals surface area contributed by atoms with Crippen LogP contribution in [0.3, 0.4) is 0 Å². The monoisotopic (exact) mass is 1290 g/mol. The highest BCUT2D eigenvalue weighted by Crippen LogP contribution is 2.08. The molecule has 0 saturated carbocycles. The van der Waals surface area contributed by atoms with Crippen LogP contribution in [0.15, 0.2) is 0 Å². The van der Waals surface area contributed by atoms with Gasteiger partial charge >= 0.3 is 0 Å². The first-order valence-electron chi connectivity index (χ1n) is 27.2. The van der Waals surface area contributed by atoms with E-state index in [0.717, 1.165) is 0 Å². The molecule has 79 heavy (non-hydrogen) atoms. The first-order valence-corrected chi connectivity index (χ1v) is 32.3. The molecular weight excluding hydrogens is 1190 g/mol. The molecule has 0 fully saturated rings. The zero-order valence-corrected chi connectivity index (χ0v) is 53.8. The zero-order valence-electron chi connectivity index (χ0n) is 46.6. The minimum atomic E-state index is -0.485. The summed E-state index contributed by atoms with van der Waals surface area (Å²) in [7, 11) is 0. The molecule has 21 nitrogen and oxygen atoms in total. The van der Waals surface area contributed by atoms with E-state index in [9.17, 15) is 5.11 Å². The molecule has 0 amide bonds. The summed E-state index contributed by atoms with van der Waals surface area (Å²) >= 11 is 33.8. The molecule has 0 rings (SSSR count). The van der Waals surface area contributed by atoms with Crippen molar-refractivity contribution in [3.63, 3.8) is 0 Å². The van der Waals surface area contributed by atoms with Gasteiger partial charge in [-0.2, -0.15) is 101 Å². The molecule has 0 aliphatic rings. The highest BCUT2D eigenvalue weighted by atomic mass is 32.1. The number of hydrogen-bond acceptors (Lipinski definition) is 29. The summed E-state index contributed by atoms with van der Waals surface area (Å²) < 4.78 is 119. The van der Waals surface area contributed by atoms with Gasteiger partial charge in [-0.1, -0.05) is 0 Å². The number of ether oxygens (including phenoxy) is 20. The van der Waals surface area contributed by atoms with E-state index < -0.39 is 30.5 Å². The Morgan fingerprint density at radius 1 is 0.190 bits per heavy atom. The number of hydrogen-bond donors (Lipinski definition) is 9. The molecule has 0 aromatic rings. The van der Waals surface area contributed by atoms with E-state index in [0.29, 0.717) is 198 Å². The Kier molecular flexibility index (Phi) is 69.1. The van der Waals surface area contributed by atoms with Crippen LogP contribution in [0.25, 0.3) is 0 Å². The van der Waals surface area contributed by atoms with Gasteiger partial charge < -0.3 is 99.8 Å². The van der Waals surface area contributed by atoms with Gasteiger partial charge in [0.05, 0.1) is 231 Å². The fourth-order valence-electron chi connectivity index (χ4n) is 6.28. The Balaban J connectivity index is 5.87. The van der Waals surface area contributed by atoms with Crippen molar-refractivity contribution < 1.29 is 99.8 Å².